The van der Waals surface area contributed by atoms with Crippen molar-refractivity contribution in [3.63, 3.8) is 0 Å². The Morgan fingerprint density at radius 1 is 1.38 bits per heavy atom. The minimum atomic E-state index is -0.119. The van der Waals surface area contributed by atoms with E-state index in [1.807, 2.05) is 24.3 Å². The van der Waals surface area contributed by atoms with Crippen molar-refractivity contribution in [3.05, 3.63) is 29.8 Å². The van der Waals surface area contributed by atoms with Crippen LogP contribution in [0.15, 0.2) is 24.3 Å². The molecule has 0 saturated carbocycles. The van der Waals surface area contributed by atoms with Crippen molar-refractivity contribution < 1.29 is 9.53 Å². The fraction of sp³-hybridized carbons (Fsp3) is 0.462. The molecule has 0 radical (unpaired) electrons. The highest BCUT2D eigenvalue weighted by Crippen LogP contribution is 2.26. The van der Waals surface area contributed by atoms with Crippen molar-refractivity contribution >= 4 is 5.97 Å². The lowest BCUT2D eigenvalue weighted by atomic mass is 10.0. The number of para-hydroxylation sites is 1. The van der Waals surface area contributed by atoms with E-state index in [1.165, 1.54) is 0 Å². The monoisotopic (exact) mass is 219 g/mol. The van der Waals surface area contributed by atoms with Crippen molar-refractivity contribution in [2.75, 3.05) is 13.1 Å². The summed E-state index contributed by atoms with van der Waals surface area (Å²) in [6, 6.07) is 7.73. The van der Waals surface area contributed by atoms with Crippen molar-refractivity contribution in [2.24, 2.45) is 5.92 Å². The number of carbonyl (C=O) groups excluding carboxylic acids is 1. The molecule has 1 fully saturated rings. The summed E-state index contributed by atoms with van der Waals surface area (Å²) in [7, 11) is 0. The molecule has 0 aromatic heterocycles. The van der Waals surface area contributed by atoms with Crippen molar-refractivity contribution in [1.29, 1.82) is 0 Å². The number of benzene rings is 1. The van der Waals surface area contributed by atoms with Gasteiger partial charge in [-0.3, -0.25) is 4.79 Å². The van der Waals surface area contributed by atoms with Gasteiger partial charge in [-0.1, -0.05) is 32.0 Å². The second kappa shape index (κ2) is 4.66. The average molecular weight is 219 g/mol. The van der Waals surface area contributed by atoms with Gasteiger partial charge in [0.1, 0.15) is 5.75 Å². The lowest BCUT2D eigenvalue weighted by molar-refractivity contribution is -0.140. The van der Waals surface area contributed by atoms with Crippen LogP contribution in [0.4, 0.5) is 0 Å². The number of hydrogen-bond acceptors (Lipinski definition) is 3. The molecule has 86 valence electrons. The fourth-order valence-electron chi connectivity index (χ4n) is 1.70. The van der Waals surface area contributed by atoms with Crippen LogP contribution in [0.25, 0.3) is 0 Å². The van der Waals surface area contributed by atoms with E-state index in [9.17, 15) is 4.79 Å². The Morgan fingerprint density at radius 3 is 2.62 bits per heavy atom. The third kappa shape index (κ3) is 2.25. The van der Waals surface area contributed by atoms with E-state index in [0.717, 1.165) is 18.7 Å². The van der Waals surface area contributed by atoms with Gasteiger partial charge in [-0.2, -0.15) is 0 Å². The molecule has 0 unspecified atom stereocenters. The molecule has 2 rings (SSSR count). The highest BCUT2D eigenvalue weighted by atomic mass is 16.5. The zero-order chi connectivity index (χ0) is 11.5. The van der Waals surface area contributed by atoms with E-state index in [0.29, 0.717) is 11.7 Å². The summed E-state index contributed by atoms with van der Waals surface area (Å²) in [4.78, 5) is 11.7. The molecule has 16 heavy (non-hydrogen) atoms. The zero-order valence-electron chi connectivity index (χ0n) is 9.69. The van der Waals surface area contributed by atoms with Crippen LogP contribution >= 0.6 is 0 Å². The molecule has 0 amide bonds. The van der Waals surface area contributed by atoms with Gasteiger partial charge in [-0.15, -0.1) is 0 Å². The molecule has 0 bridgehead atoms. The summed E-state index contributed by atoms with van der Waals surface area (Å²) in [5.41, 5.74) is 1.09. The van der Waals surface area contributed by atoms with Crippen LogP contribution in [0, 0.1) is 5.92 Å². The van der Waals surface area contributed by atoms with Crippen LogP contribution < -0.4 is 10.1 Å². The highest BCUT2D eigenvalue weighted by molar-refractivity contribution is 5.77. The number of hydrogen-bond donors (Lipinski definition) is 1. The molecule has 1 aromatic carbocycles. The van der Waals surface area contributed by atoms with Crippen LogP contribution in [-0.4, -0.2) is 19.1 Å². The molecule has 0 atom stereocenters. The maximum Gasteiger partial charge on any atom is 0.316 e. The minimum Gasteiger partial charge on any atom is -0.426 e. The number of carbonyl (C=O) groups is 1. The second-order valence-electron chi connectivity index (χ2n) is 4.47. The SMILES string of the molecule is CC(C)c1ccccc1OC(=O)C1CNC1. The van der Waals surface area contributed by atoms with Gasteiger partial charge in [0, 0.05) is 13.1 Å². The van der Waals surface area contributed by atoms with Gasteiger partial charge in [0.15, 0.2) is 0 Å². The number of nitrogens with one attached hydrogen (secondary N) is 1. The summed E-state index contributed by atoms with van der Waals surface area (Å²) < 4.78 is 5.43. The van der Waals surface area contributed by atoms with Crippen LogP contribution in [0.2, 0.25) is 0 Å². The largest absolute Gasteiger partial charge is 0.426 e. The molecule has 1 aliphatic rings. The first kappa shape index (κ1) is 11.1. The summed E-state index contributed by atoms with van der Waals surface area (Å²) in [5, 5.41) is 3.06. The lowest BCUT2D eigenvalue weighted by Crippen LogP contribution is -2.48. The van der Waals surface area contributed by atoms with Gasteiger partial charge in [-0.25, -0.2) is 0 Å². The van der Waals surface area contributed by atoms with Crippen LogP contribution in [0.3, 0.4) is 0 Å². The number of ether oxygens (including phenoxy) is 1. The Kier molecular flexibility index (Phi) is 3.25. The zero-order valence-corrected chi connectivity index (χ0v) is 9.69. The first-order valence-electron chi connectivity index (χ1n) is 5.70. The molecular weight excluding hydrogens is 202 g/mol. The third-order valence-electron chi connectivity index (χ3n) is 2.87. The maximum atomic E-state index is 11.7. The van der Waals surface area contributed by atoms with Gasteiger partial charge in [0.25, 0.3) is 0 Å². The van der Waals surface area contributed by atoms with E-state index < -0.39 is 0 Å². The van der Waals surface area contributed by atoms with E-state index in [4.69, 9.17) is 4.74 Å². The maximum absolute atomic E-state index is 11.7. The average Bonchev–Trinajstić information content (AvgIpc) is 2.15. The Hall–Kier alpha value is -1.35. The number of esters is 1. The topological polar surface area (TPSA) is 38.3 Å². The Balaban J connectivity index is 2.10. The van der Waals surface area contributed by atoms with Crippen LogP contribution in [0.5, 0.6) is 5.75 Å². The second-order valence-corrected chi connectivity index (χ2v) is 4.47. The van der Waals surface area contributed by atoms with Crippen molar-refractivity contribution in [1.82, 2.24) is 5.32 Å². The smallest absolute Gasteiger partial charge is 0.316 e. The summed E-state index contributed by atoms with van der Waals surface area (Å²) >= 11 is 0. The number of rotatable bonds is 3. The lowest BCUT2D eigenvalue weighted by Gasteiger charge is -2.25. The standard InChI is InChI=1S/C13H17NO2/c1-9(2)11-5-3-4-6-12(11)16-13(15)10-7-14-8-10/h3-6,9-10,14H,7-8H2,1-2H3. The van der Waals surface area contributed by atoms with Gasteiger partial charge >= 0.3 is 5.97 Å². The molecule has 1 N–H and O–H groups in total. The molecule has 1 aromatic rings. The van der Waals surface area contributed by atoms with Crippen molar-refractivity contribution in [2.45, 2.75) is 19.8 Å². The molecule has 3 heteroatoms. The minimum absolute atomic E-state index is 0.0280. The first-order valence-corrected chi connectivity index (χ1v) is 5.70. The summed E-state index contributed by atoms with van der Waals surface area (Å²) in [6.07, 6.45) is 0. The van der Waals surface area contributed by atoms with Gasteiger partial charge < -0.3 is 10.1 Å². The molecular formula is C13H17NO2. The molecule has 1 heterocycles. The quantitative estimate of drug-likeness (QED) is 0.623. The van der Waals surface area contributed by atoms with Crippen LogP contribution in [-0.2, 0) is 4.79 Å². The van der Waals surface area contributed by atoms with E-state index in [2.05, 4.69) is 19.2 Å². The van der Waals surface area contributed by atoms with E-state index >= 15 is 0 Å². The predicted molar refractivity (Wildman–Crippen MR) is 62.5 cm³/mol. The summed E-state index contributed by atoms with van der Waals surface area (Å²) in [6.45, 7) is 5.67. The molecule has 1 saturated heterocycles. The van der Waals surface area contributed by atoms with Crippen LogP contribution in [0.1, 0.15) is 25.3 Å². The highest BCUT2D eigenvalue weighted by Gasteiger charge is 2.27. The molecule has 0 aliphatic carbocycles. The molecule has 0 spiro atoms. The van der Waals surface area contributed by atoms with Gasteiger partial charge in [0.2, 0.25) is 0 Å². The predicted octanol–water partition coefficient (Wildman–Crippen LogP) is 1.93. The van der Waals surface area contributed by atoms with Crippen molar-refractivity contribution in [3.8, 4) is 5.75 Å². The molecule has 1 aliphatic heterocycles. The van der Waals surface area contributed by atoms with Gasteiger partial charge in [0.05, 0.1) is 5.92 Å². The Bertz CT molecular complexity index is 383. The van der Waals surface area contributed by atoms with Gasteiger partial charge in [-0.05, 0) is 17.5 Å². The first-order chi connectivity index (χ1) is 7.68. The normalized spacial score (nSPS) is 15.9. The third-order valence-corrected chi connectivity index (χ3v) is 2.87. The Labute approximate surface area is 95.8 Å². The molecule has 3 nitrogen and oxygen atoms in total. The van der Waals surface area contributed by atoms with E-state index in [-0.39, 0.29) is 11.9 Å². The fourth-order valence-corrected chi connectivity index (χ4v) is 1.70. The van der Waals surface area contributed by atoms with E-state index in [1.54, 1.807) is 0 Å². The Morgan fingerprint density at radius 2 is 2.06 bits per heavy atom. The summed E-state index contributed by atoms with van der Waals surface area (Å²) in [5.74, 6) is 0.977.